The first-order valence-corrected chi connectivity index (χ1v) is 20.0. The van der Waals surface area contributed by atoms with Crippen molar-refractivity contribution in [2.75, 3.05) is 40.9 Å². The fourth-order valence-electron chi connectivity index (χ4n) is 5.21. The molecule has 0 aliphatic heterocycles. The van der Waals surface area contributed by atoms with E-state index in [0.717, 1.165) is 38.5 Å². The maximum atomic E-state index is 12.7. The molecular weight excluding hydrogens is 587 g/mol. The number of hydrogen-bond acceptors (Lipinski definition) is 6. The summed E-state index contributed by atoms with van der Waals surface area (Å²) in [6.45, 7) is 4.60. The monoisotopic (exact) mass is 661 g/mol. The van der Waals surface area contributed by atoms with Gasteiger partial charge in [-0.2, -0.15) is 0 Å². The number of allylic oxidation sites excluding steroid dienone is 1. The quantitative estimate of drug-likeness (QED) is 0.0316. The summed E-state index contributed by atoms with van der Waals surface area (Å²) in [7, 11) is 1.26. The minimum absolute atomic E-state index is 0.00132. The van der Waals surface area contributed by atoms with Gasteiger partial charge in [-0.05, 0) is 19.3 Å². The second kappa shape index (κ2) is 29.4. The van der Waals surface area contributed by atoms with Crippen LogP contribution < -0.4 is 10.2 Å². The van der Waals surface area contributed by atoms with E-state index in [-0.39, 0.29) is 19.1 Å². The van der Waals surface area contributed by atoms with Crippen LogP contribution in [0.5, 0.6) is 0 Å². The lowest BCUT2D eigenvalue weighted by Gasteiger charge is -2.29. The Hall–Kier alpha value is -0.760. The zero-order valence-electron chi connectivity index (χ0n) is 30.1. The number of unbranched alkanes of at least 4 members (excludes halogenated alkanes) is 20. The van der Waals surface area contributed by atoms with Gasteiger partial charge in [0, 0.05) is 6.42 Å². The number of quaternary nitrogens is 1. The Morgan fingerprint density at radius 2 is 1.20 bits per heavy atom. The van der Waals surface area contributed by atoms with Gasteiger partial charge in [0.05, 0.1) is 39.9 Å². The maximum absolute atomic E-state index is 12.7. The standard InChI is InChI=1S/C36H73N2O6P/c1-6-8-10-12-14-16-17-18-19-20-22-24-26-28-30-36(40)37-34(33-44-45(41,42)43-32-31-38(3,4)5)35(39)29-27-25-23-21-15-13-11-9-7-2/h27,29,34-35,39H,6-26,28,30-33H2,1-5H3,(H-,37,40,41,42)/b29-27+. The number of phosphoric ester groups is 1. The second-order valence-corrected chi connectivity index (χ2v) is 15.3. The van der Waals surface area contributed by atoms with E-state index in [1.165, 1.54) is 103 Å². The van der Waals surface area contributed by atoms with Crippen molar-refractivity contribution in [3.63, 3.8) is 0 Å². The molecule has 3 atom stereocenters. The van der Waals surface area contributed by atoms with Crippen LogP contribution in [0, 0.1) is 0 Å². The molecule has 0 radical (unpaired) electrons. The number of rotatable bonds is 33. The summed E-state index contributed by atoms with van der Waals surface area (Å²) in [6, 6.07) is -0.876. The third-order valence-electron chi connectivity index (χ3n) is 8.25. The average Bonchev–Trinajstić information content (AvgIpc) is 2.97. The lowest BCUT2D eigenvalue weighted by atomic mass is 10.0. The number of carbonyl (C=O) groups excluding carboxylic acids is 1. The summed E-state index contributed by atoms with van der Waals surface area (Å²) < 4.78 is 23.0. The van der Waals surface area contributed by atoms with Gasteiger partial charge in [0.2, 0.25) is 5.91 Å². The number of likely N-dealkylation sites (N-methyl/N-ethyl adjacent to an activating group) is 1. The molecule has 0 rings (SSSR count). The lowest BCUT2D eigenvalue weighted by molar-refractivity contribution is -0.870. The molecule has 0 fully saturated rings. The number of amides is 1. The van der Waals surface area contributed by atoms with Crippen LogP contribution in [0.2, 0.25) is 0 Å². The van der Waals surface area contributed by atoms with Crippen LogP contribution in [0.4, 0.5) is 0 Å². The zero-order valence-corrected chi connectivity index (χ0v) is 31.0. The molecule has 0 aromatic rings. The van der Waals surface area contributed by atoms with Crippen molar-refractivity contribution in [3.05, 3.63) is 12.2 Å². The number of nitrogens with zero attached hydrogens (tertiary/aromatic N) is 1. The van der Waals surface area contributed by atoms with Crippen molar-refractivity contribution in [3.8, 4) is 0 Å². The number of carbonyl (C=O) groups is 1. The highest BCUT2D eigenvalue weighted by molar-refractivity contribution is 7.45. The number of aliphatic hydroxyl groups excluding tert-OH is 1. The molecule has 0 aromatic heterocycles. The van der Waals surface area contributed by atoms with Crippen molar-refractivity contribution >= 4 is 13.7 Å². The van der Waals surface area contributed by atoms with Gasteiger partial charge in [-0.1, -0.05) is 148 Å². The molecule has 45 heavy (non-hydrogen) atoms. The third-order valence-corrected chi connectivity index (χ3v) is 9.21. The fraction of sp³-hybridized carbons (Fsp3) is 0.917. The summed E-state index contributed by atoms with van der Waals surface area (Å²) in [5.74, 6) is -0.200. The molecule has 0 saturated heterocycles. The van der Waals surface area contributed by atoms with Crippen LogP contribution in [0.15, 0.2) is 12.2 Å². The average molecular weight is 661 g/mol. The van der Waals surface area contributed by atoms with Crippen molar-refractivity contribution < 1.29 is 32.9 Å². The molecular formula is C36H73N2O6P. The van der Waals surface area contributed by atoms with Gasteiger partial charge in [-0.25, -0.2) is 0 Å². The molecule has 3 unspecified atom stereocenters. The zero-order chi connectivity index (χ0) is 33.7. The molecule has 8 nitrogen and oxygen atoms in total. The van der Waals surface area contributed by atoms with Crippen LogP contribution in [0.1, 0.15) is 162 Å². The molecule has 268 valence electrons. The molecule has 2 N–H and O–H groups in total. The van der Waals surface area contributed by atoms with E-state index in [1.807, 2.05) is 27.2 Å². The molecule has 0 spiro atoms. The van der Waals surface area contributed by atoms with Crippen LogP contribution >= 0.6 is 7.82 Å². The fourth-order valence-corrected chi connectivity index (χ4v) is 5.93. The van der Waals surface area contributed by atoms with Gasteiger partial charge in [0.25, 0.3) is 7.82 Å². The lowest BCUT2D eigenvalue weighted by Crippen LogP contribution is -2.45. The summed E-state index contributed by atoms with van der Waals surface area (Å²) in [5, 5.41) is 13.6. The Bertz CT molecular complexity index is 758. The van der Waals surface area contributed by atoms with E-state index in [0.29, 0.717) is 17.4 Å². The minimum atomic E-state index is -4.57. The normalized spacial score (nSPS) is 14.9. The molecule has 1 amide bonds. The van der Waals surface area contributed by atoms with E-state index in [1.54, 1.807) is 6.08 Å². The van der Waals surface area contributed by atoms with Gasteiger partial charge >= 0.3 is 0 Å². The predicted molar refractivity (Wildman–Crippen MR) is 187 cm³/mol. The van der Waals surface area contributed by atoms with Crippen molar-refractivity contribution in [1.82, 2.24) is 5.32 Å². The highest BCUT2D eigenvalue weighted by Gasteiger charge is 2.23. The third kappa shape index (κ3) is 31.6. The van der Waals surface area contributed by atoms with E-state index < -0.39 is 20.0 Å². The van der Waals surface area contributed by atoms with Crippen LogP contribution in [0.3, 0.4) is 0 Å². The van der Waals surface area contributed by atoms with Gasteiger partial charge < -0.3 is 28.8 Å². The number of aliphatic hydroxyl groups is 1. The van der Waals surface area contributed by atoms with Crippen LogP contribution in [0.25, 0.3) is 0 Å². The van der Waals surface area contributed by atoms with Crippen molar-refractivity contribution in [2.24, 2.45) is 0 Å². The Balaban J connectivity index is 4.49. The Morgan fingerprint density at radius 1 is 0.756 bits per heavy atom. The van der Waals surface area contributed by atoms with Gasteiger partial charge in [-0.15, -0.1) is 0 Å². The summed E-state index contributed by atoms with van der Waals surface area (Å²) in [4.78, 5) is 25.1. The summed E-state index contributed by atoms with van der Waals surface area (Å²) >= 11 is 0. The van der Waals surface area contributed by atoms with Gasteiger partial charge in [-0.3, -0.25) is 9.36 Å². The van der Waals surface area contributed by atoms with E-state index in [4.69, 9.17) is 9.05 Å². The number of nitrogens with one attached hydrogen (secondary N) is 1. The summed E-state index contributed by atoms with van der Waals surface area (Å²) in [5.41, 5.74) is 0. The largest absolute Gasteiger partial charge is 0.756 e. The molecule has 0 heterocycles. The Labute approximate surface area is 278 Å². The molecule has 0 aliphatic carbocycles. The molecule has 0 aliphatic rings. The highest BCUT2D eigenvalue weighted by atomic mass is 31.2. The maximum Gasteiger partial charge on any atom is 0.268 e. The van der Waals surface area contributed by atoms with E-state index >= 15 is 0 Å². The second-order valence-electron chi connectivity index (χ2n) is 13.9. The SMILES string of the molecule is CCCCCCCCC/C=C/C(O)C(COP(=O)([O-])OCC[N+](C)(C)C)NC(=O)CCCCCCCCCCCCCCCC. The first-order chi connectivity index (χ1) is 21.5. The summed E-state index contributed by atoms with van der Waals surface area (Å²) in [6.07, 6.45) is 29.7. The van der Waals surface area contributed by atoms with Gasteiger partial charge in [0.15, 0.2) is 0 Å². The number of hydrogen-bond donors (Lipinski definition) is 2. The molecule has 0 aromatic carbocycles. The van der Waals surface area contributed by atoms with E-state index in [2.05, 4.69) is 19.2 Å². The Kier molecular flexibility index (Phi) is 28.9. The van der Waals surface area contributed by atoms with Crippen LogP contribution in [-0.4, -0.2) is 68.5 Å². The van der Waals surface area contributed by atoms with E-state index in [9.17, 15) is 19.4 Å². The molecule has 9 heteroatoms. The molecule has 0 bridgehead atoms. The predicted octanol–water partition coefficient (Wildman–Crippen LogP) is 8.61. The van der Waals surface area contributed by atoms with Crippen LogP contribution in [-0.2, 0) is 18.4 Å². The first kappa shape index (κ1) is 44.2. The molecule has 0 saturated carbocycles. The minimum Gasteiger partial charge on any atom is -0.756 e. The van der Waals surface area contributed by atoms with Crippen molar-refractivity contribution in [2.45, 2.75) is 174 Å². The smallest absolute Gasteiger partial charge is 0.268 e. The highest BCUT2D eigenvalue weighted by Crippen LogP contribution is 2.38. The topological polar surface area (TPSA) is 108 Å². The first-order valence-electron chi connectivity index (χ1n) is 18.6. The van der Waals surface area contributed by atoms with Crippen molar-refractivity contribution in [1.29, 1.82) is 0 Å². The Morgan fingerprint density at radius 3 is 1.67 bits per heavy atom. The van der Waals surface area contributed by atoms with Gasteiger partial charge in [0.1, 0.15) is 13.2 Å². The number of phosphoric acid groups is 1.